The molecule has 0 bridgehead atoms. The number of furan rings is 1. The number of hydrogen-bond donors (Lipinski definition) is 2. The van der Waals surface area contributed by atoms with Gasteiger partial charge in [-0.25, -0.2) is 0 Å². The number of aliphatic carboxylic acids is 1. The topological polar surface area (TPSA) is 99.4 Å². The van der Waals surface area contributed by atoms with E-state index in [0.717, 1.165) is 47.8 Å². The van der Waals surface area contributed by atoms with Gasteiger partial charge in [-0.1, -0.05) is 25.5 Å². The first-order chi connectivity index (χ1) is 15.9. The third kappa shape index (κ3) is 3.92. The Morgan fingerprint density at radius 1 is 1.24 bits per heavy atom. The van der Waals surface area contributed by atoms with Crippen molar-refractivity contribution in [1.82, 2.24) is 15.1 Å². The minimum absolute atomic E-state index is 0.00784. The lowest BCUT2D eigenvalue weighted by atomic mass is 9.71. The van der Waals surface area contributed by atoms with E-state index in [0.29, 0.717) is 25.1 Å². The van der Waals surface area contributed by atoms with Crippen molar-refractivity contribution < 1.29 is 23.5 Å². The van der Waals surface area contributed by atoms with Gasteiger partial charge >= 0.3 is 5.97 Å². The van der Waals surface area contributed by atoms with Gasteiger partial charge < -0.3 is 14.4 Å². The molecule has 2 aliphatic rings. The van der Waals surface area contributed by atoms with E-state index in [9.17, 15) is 19.1 Å². The minimum Gasteiger partial charge on any atom is -0.481 e. The molecule has 5 rings (SSSR count). The Labute approximate surface area is 191 Å². The van der Waals surface area contributed by atoms with Crippen molar-refractivity contribution in [3.63, 3.8) is 0 Å². The van der Waals surface area contributed by atoms with E-state index < -0.39 is 12.0 Å². The second-order valence-corrected chi connectivity index (χ2v) is 9.38. The van der Waals surface area contributed by atoms with Gasteiger partial charge in [0, 0.05) is 47.6 Å². The number of nitrogens with one attached hydrogen (secondary N) is 1. The molecule has 8 heteroatoms. The van der Waals surface area contributed by atoms with E-state index >= 15 is 0 Å². The van der Waals surface area contributed by atoms with Crippen molar-refractivity contribution >= 4 is 22.8 Å². The Balaban J connectivity index is 1.39. The highest BCUT2D eigenvalue weighted by Gasteiger charge is 2.43. The molecule has 3 heterocycles. The SMILES string of the molecule is CC(CC(=O)N1CCCC2C(C(=O)O)CCCC21)c1[nH]nc2cccc(-c3ccc(F)o3)c12. The summed E-state index contributed by atoms with van der Waals surface area (Å²) in [5.41, 5.74) is 2.27. The van der Waals surface area contributed by atoms with E-state index in [1.165, 1.54) is 6.07 Å². The summed E-state index contributed by atoms with van der Waals surface area (Å²) in [5.74, 6) is -0.740. The lowest BCUT2D eigenvalue weighted by Crippen LogP contribution is -2.53. The summed E-state index contributed by atoms with van der Waals surface area (Å²) in [4.78, 5) is 27.1. The quantitative estimate of drug-likeness (QED) is 0.570. The number of likely N-dealkylation sites (tertiary alicyclic amines) is 1. The number of carboxylic acids is 1. The molecule has 0 radical (unpaired) electrons. The van der Waals surface area contributed by atoms with Gasteiger partial charge in [0.1, 0.15) is 5.76 Å². The maximum atomic E-state index is 13.5. The van der Waals surface area contributed by atoms with Gasteiger partial charge in [-0.15, -0.1) is 0 Å². The Hall–Kier alpha value is -3.16. The number of aromatic nitrogens is 2. The van der Waals surface area contributed by atoms with Crippen LogP contribution in [0.4, 0.5) is 4.39 Å². The van der Waals surface area contributed by atoms with Crippen LogP contribution in [0.3, 0.4) is 0 Å². The zero-order chi connectivity index (χ0) is 23.1. The van der Waals surface area contributed by atoms with Crippen LogP contribution in [-0.4, -0.2) is 44.7 Å². The molecule has 1 aliphatic heterocycles. The fourth-order valence-corrected chi connectivity index (χ4v) is 5.90. The van der Waals surface area contributed by atoms with Gasteiger partial charge in [0.05, 0.1) is 11.4 Å². The van der Waals surface area contributed by atoms with Crippen molar-refractivity contribution in [2.45, 2.75) is 57.4 Å². The molecular formula is C25H28FN3O4. The molecule has 1 saturated carbocycles. The number of aromatic amines is 1. The number of rotatable bonds is 5. The predicted octanol–water partition coefficient (Wildman–Crippen LogP) is 4.95. The van der Waals surface area contributed by atoms with Crippen LogP contribution < -0.4 is 0 Å². The Morgan fingerprint density at radius 2 is 2.09 bits per heavy atom. The number of carbonyl (C=O) groups is 2. The van der Waals surface area contributed by atoms with Crippen LogP contribution in [0.5, 0.6) is 0 Å². The average molecular weight is 454 g/mol. The van der Waals surface area contributed by atoms with Crippen molar-refractivity contribution in [3.8, 4) is 11.3 Å². The van der Waals surface area contributed by atoms with Crippen LogP contribution in [0, 0.1) is 17.8 Å². The molecule has 1 amide bonds. The molecule has 2 aromatic heterocycles. The van der Waals surface area contributed by atoms with Crippen LogP contribution in [-0.2, 0) is 9.59 Å². The Bertz CT molecular complexity index is 1190. The van der Waals surface area contributed by atoms with Gasteiger partial charge in [0.25, 0.3) is 6.01 Å². The highest BCUT2D eigenvalue weighted by Crippen LogP contribution is 2.41. The van der Waals surface area contributed by atoms with E-state index in [4.69, 9.17) is 4.42 Å². The molecule has 4 unspecified atom stereocenters. The number of carbonyl (C=O) groups excluding carboxylic acids is 1. The van der Waals surface area contributed by atoms with Crippen LogP contribution >= 0.6 is 0 Å². The number of halogens is 1. The van der Waals surface area contributed by atoms with Crippen molar-refractivity contribution in [2.75, 3.05) is 6.54 Å². The first-order valence-electron chi connectivity index (χ1n) is 11.7. The van der Waals surface area contributed by atoms with E-state index in [1.54, 1.807) is 6.07 Å². The normalized spacial score (nSPS) is 23.9. The van der Waals surface area contributed by atoms with Crippen LogP contribution in [0.25, 0.3) is 22.2 Å². The summed E-state index contributed by atoms with van der Waals surface area (Å²) >= 11 is 0. The highest BCUT2D eigenvalue weighted by atomic mass is 19.1. The van der Waals surface area contributed by atoms with Gasteiger partial charge in [0.15, 0.2) is 0 Å². The number of hydrogen-bond acceptors (Lipinski definition) is 4. The molecule has 2 N–H and O–H groups in total. The lowest BCUT2D eigenvalue weighted by Gasteiger charge is -2.46. The van der Waals surface area contributed by atoms with E-state index in [1.807, 2.05) is 30.0 Å². The van der Waals surface area contributed by atoms with E-state index in [2.05, 4.69) is 10.2 Å². The smallest absolute Gasteiger partial charge is 0.306 e. The van der Waals surface area contributed by atoms with Crippen molar-refractivity contribution in [2.24, 2.45) is 11.8 Å². The maximum absolute atomic E-state index is 13.5. The van der Waals surface area contributed by atoms with Crippen LogP contribution in [0.1, 0.15) is 57.1 Å². The van der Waals surface area contributed by atoms with Gasteiger partial charge in [-0.3, -0.25) is 14.7 Å². The molecule has 33 heavy (non-hydrogen) atoms. The predicted molar refractivity (Wildman–Crippen MR) is 120 cm³/mol. The number of amides is 1. The van der Waals surface area contributed by atoms with Gasteiger partial charge in [-0.2, -0.15) is 9.49 Å². The largest absolute Gasteiger partial charge is 0.481 e. The molecule has 4 atom stereocenters. The second kappa shape index (κ2) is 8.65. The minimum atomic E-state index is -0.738. The summed E-state index contributed by atoms with van der Waals surface area (Å²) in [5, 5.41) is 18.0. The molecule has 3 aromatic rings. The molecule has 2 fully saturated rings. The Kier molecular flexibility index (Phi) is 5.68. The standard InChI is InChI=1S/C25H28FN3O4/c1-14(13-22(30)29-12-4-7-15-16(25(31)32)5-3-9-19(15)29)24-23-17(20-10-11-21(26)33-20)6-2-8-18(23)27-28-24/h2,6,8,10-11,14-16,19H,3-5,7,9,12-13H2,1H3,(H,27,28)(H,31,32). The first kappa shape index (κ1) is 21.7. The zero-order valence-electron chi connectivity index (χ0n) is 18.6. The number of piperidine rings is 1. The fourth-order valence-electron chi connectivity index (χ4n) is 5.90. The number of fused-ring (bicyclic) bond motifs is 2. The summed E-state index contributed by atoms with van der Waals surface area (Å²) < 4.78 is 18.7. The molecule has 0 spiro atoms. The molecule has 1 aromatic carbocycles. The molecule has 174 valence electrons. The van der Waals surface area contributed by atoms with E-state index in [-0.39, 0.29) is 29.7 Å². The van der Waals surface area contributed by atoms with Gasteiger partial charge in [0.2, 0.25) is 5.91 Å². The molecular weight excluding hydrogens is 425 g/mol. The number of carboxylic acid groups (broad SMARTS) is 1. The average Bonchev–Trinajstić information content (AvgIpc) is 3.44. The summed E-state index contributed by atoms with van der Waals surface area (Å²) in [7, 11) is 0. The highest BCUT2D eigenvalue weighted by molar-refractivity contribution is 5.96. The molecule has 1 saturated heterocycles. The molecule has 7 nitrogen and oxygen atoms in total. The third-order valence-electron chi connectivity index (χ3n) is 7.42. The van der Waals surface area contributed by atoms with Gasteiger partial charge in [-0.05, 0) is 43.7 Å². The van der Waals surface area contributed by atoms with Crippen LogP contribution in [0.15, 0.2) is 34.7 Å². The number of H-pyrrole nitrogens is 1. The Morgan fingerprint density at radius 3 is 2.85 bits per heavy atom. The van der Waals surface area contributed by atoms with Crippen molar-refractivity contribution in [3.05, 3.63) is 42.0 Å². The monoisotopic (exact) mass is 453 g/mol. The lowest BCUT2D eigenvalue weighted by molar-refractivity contribution is -0.152. The third-order valence-corrected chi connectivity index (χ3v) is 7.42. The number of nitrogens with zero attached hydrogens (tertiary/aromatic N) is 2. The zero-order valence-corrected chi connectivity index (χ0v) is 18.6. The number of benzene rings is 1. The summed E-state index contributed by atoms with van der Waals surface area (Å²) in [6.07, 6.45) is 4.41. The first-order valence-corrected chi connectivity index (χ1v) is 11.7. The fraction of sp³-hybridized carbons (Fsp3) is 0.480. The van der Waals surface area contributed by atoms with Crippen LogP contribution in [0.2, 0.25) is 0 Å². The summed E-state index contributed by atoms with van der Waals surface area (Å²) in [6, 6.07) is 7.80. The second-order valence-electron chi connectivity index (χ2n) is 9.38. The maximum Gasteiger partial charge on any atom is 0.306 e. The van der Waals surface area contributed by atoms with Crippen molar-refractivity contribution in [1.29, 1.82) is 0 Å². The molecule has 1 aliphatic carbocycles. The summed E-state index contributed by atoms with van der Waals surface area (Å²) in [6.45, 7) is 2.66.